The number of rotatable bonds is 15. The molecular formula is C45H55N5O8S. The number of methoxy groups -OCH3 is 1. The van der Waals surface area contributed by atoms with Crippen LogP contribution in [0.1, 0.15) is 83.5 Å². The lowest BCUT2D eigenvalue weighted by Crippen LogP contribution is -2.57. The van der Waals surface area contributed by atoms with Gasteiger partial charge in [-0.15, -0.1) is 6.58 Å². The number of hydrogen-bond acceptors (Lipinski definition) is 8. The fraction of sp³-hybridized carbons (Fsp3) is 0.533. The molecule has 2 aliphatic heterocycles. The van der Waals surface area contributed by atoms with E-state index in [-0.39, 0.29) is 43.7 Å². The van der Waals surface area contributed by atoms with Gasteiger partial charge in [0.15, 0.2) is 0 Å². The molecule has 59 heavy (non-hydrogen) atoms. The van der Waals surface area contributed by atoms with Crippen LogP contribution in [-0.4, -0.2) is 102 Å². The predicted molar refractivity (Wildman–Crippen MR) is 223 cm³/mol. The molecule has 3 heterocycles. The zero-order valence-corrected chi connectivity index (χ0v) is 34.6. The fourth-order valence-corrected chi connectivity index (χ4v) is 10.3. The van der Waals surface area contributed by atoms with Crippen LogP contribution in [0.4, 0.5) is 0 Å². The summed E-state index contributed by atoms with van der Waals surface area (Å²) in [6.45, 7) is 5.32. The molecule has 2 N–H and O–H groups in total. The molecule has 3 saturated carbocycles. The van der Waals surface area contributed by atoms with Crippen molar-refractivity contribution in [2.45, 2.75) is 107 Å². The van der Waals surface area contributed by atoms with Crippen LogP contribution in [0, 0.1) is 17.8 Å². The second kappa shape index (κ2) is 17.4. The van der Waals surface area contributed by atoms with E-state index in [1.165, 1.54) is 4.90 Å². The van der Waals surface area contributed by atoms with Crippen LogP contribution in [0.3, 0.4) is 0 Å². The minimum Gasteiger partial charge on any atom is -0.497 e. The van der Waals surface area contributed by atoms with Gasteiger partial charge in [0.05, 0.1) is 24.9 Å². The first-order valence-electron chi connectivity index (χ1n) is 21.3. The number of benzene rings is 2. The summed E-state index contributed by atoms with van der Waals surface area (Å²) in [6.07, 6.45) is 10.4. The molecule has 1 unspecified atom stereocenters. The van der Waals surface area contributed by atoms with Gasteiger partial charge in [0.1, 0.15) is 29.2 Å². The number of nitrogens with one attached hydrogen (secondary N) is 1. The third-order valence-electron chi connectivity index (χ3n) is 13.0. The van der Waals surface area contributed by atoms with Crippen molar-refractivity contribution < 1.29 is 37.4 Å². The number of piperidine rings is 1. The van der Waals surface area contributed by atoms with E-state index in [2.05, 4.69) is 11.9 Å². The first-order valence-corrected chi connectivity index (χ1v) is 22.3. The van der Waals surface area contributed by atoms with Gasteiger partial charge in [-0.05, 0) is 63.0 Å². The van der Waals surface area contributed by atoms with E-state index in [0.717, 1.165) is 60.2 Å². The molecule has 3 aliphatic carbocycles. The highest BCUT2D eigenvalue weighted by Gasteiger charge is 2.64. The van der Waals surface area contributed by atoms with Crippen LogP contribution in [-0.2, 0) is 30.4 Å². The normalized spacial score (nSPS) is 25.3. The smallest absolute Gasteiger partial charge is 0.264 e. The summed E-state index contributed by atoms with van der Waals surface area (Å²) in [5.41, 5.74) is 0.763. The number of fused-ring (bicyclic) bond motifs is 1. The van der Waals surface area contributed by atoms with Crippen molar-refractivity contribution in [1.82, 2.24) is 24.4 Å². The number of nitrogens with zero attached hydrogens (tertiary/aromatic N) is 4. The van der Waals surface area contributed by atoms with Gasteiger partial charge in [0.2, 0.25) is 17.7 Å². The van der Waals surface area contributed by atoms with Crippen molar-refractivity contribution in [2.75, 3.05) is 26.7 Å². The van der Waals surface area contributed by atoms with Crippen LogP contribution in [0.15, 0.2) is 67.3 Å². The predicted octanol–water partition coefficient (Wildman–Crippen LogP) is 6.05. The molecule has 0 bridgehead atoms. The van der Waals surface area contributed by atoms with E-state index in [1.54, 1.807) is 13.2 Å². The summed E-state index contributed by atoms with van der Waals surface area (Å²) >= 11 is -2.57. The average molecular weight is 826 g/mol. The number of carbonyl (C=O) groups excluding carboxylic acids is 4. The van der Waals surface area contributed by atoms with Crippen molar-refractivity contribution in [3.63, 3.8) is 0 Å². The molecule has 13 nitrogen and oxygen atoms in total. The molecule has 4 amide bonds. The number of amides is 4. The maximum atomic E-state index is 14.7. The Hall–Kier alpha value is -4.82. The molecule has 5 fully saturated rings. The Morgan fingerprint density at radius 1 is 1.03 bits per heavy atom. The van der Waals surface area contributed by atoms with E-state index in [4.69, 9.17) is 14.5 Å². The molecule has 2 aromatic carbocycles. The monoisotopic (exact) mass is 825 g/mol. The first kappa shape index (κ1) is 40.9. The Bertz CT molecular complexity index is 2100. The number of carbonyl (C=O) groups is 4. The fourth-order valence-electron chi connectivity index (χ4n) is 9.55. The largest absolute Gasteiger partial charge is 0.497 e. The molecule has 14 heteroatoms. The van der Waals surface area contributed by atoms with Gasteiger partial charge in [0.25, 0.3) is 17.2 Å². The quantitative estimate of drug-likeness (QED) is 0.138. The van der Waals surface area contributed by atoms with Crippen molar-refractivity contribution in [3.8, 4) is 22.8 Å². The van der Waals surface area contributed by atoms with E-state index in [0.29, 0.717) is 61.0 Å². The van der Waals surface area contributed by atoms with Crippen LogP contribution in [0.25, 0.3) is 22.2 Å². The molecule has 1 aromatic heterocycles. The molecular weight excluding hydrogens is 771 g/mol. The van der Waals surface area contributed by atoms with Crippen molar-refractivity contribution >= 4 is 45.8 Å². The SMILES string of the molecule is C=C[C@H]1C[C@]1(NC(=O)[C@@H]1C[C@@H](Oc2cc(-c3ccccc3)nc3cc(OC)ccc23)CN1C(=O)C[C@@H](CC1CCCC1)C(=O)N1CCCCC1)C(=O)N(C1CC1)S(=O)O. The third-order valence-corrected chi connectivity index (χ3v) is 13.8. The summed E-state index contributed by atoms with van der Waals surface area (Å²) < 4.78 is 35.8. The van der Waals surface area contributed by atoms with Gasteiger partial charge >= 0.3 is 0 Å². The molecule has 3 aromatic rings. The highest BCUT2D eigenvalue weighted by Crippen LogP contribution is 2.48. The van der Waals surface area contributed by atoms with Crippen molar-refractivity contribution in [1.29, 1.82) is 0 Å². The Balaban J connectivity index is 1.10. The highest BCUT2D eigenvalue weighted by molar-refractivity contribution is 7.77. The number of likely N-dealkylation sites (tertiary alicyclic amines) is 2. The standard InChI is InChI=1S/C45H55N5O8S/c1-3-32-27-45(32,44(54)50(59(55)56)33-16-17-33)47-42(52)39-25-35(58-40-26-37(30-14-6-4-7-15-30)46-38-24-34(57-2)18-19-36(38)40)28-49(39)41(51)23-31(22-29-12-8-9-13-29)43(53)48-20-10-5-11-21-48/h3-4,6-7,14-15,18-19,24,26,29,31-33,35,39H,1,5,8-13,16-17,20-23,25,27-28H2,2H3,(H,47,52)(H,55,56)/t31-,32+,35-,39+,45-/m1/s1. The third kappa shape index (κ3) is 8.75. The van der Waals surface area contributed by atoms with Gasteiger partial charge in [0, 0.05) is 66.9 Å². The topological polar surface area (TPSA) is 159 Å². The average Bonchev–Trinajstić information content (AvgIpc) is 4.10. The summed E-state index contributed by atoms with van der Waals surface area (Å²) in [5.74, 6) is -0.900. The summed E-state index contributed by atoms with van der Waals surface area (Å²) in [4.78, 5) is 65.8. The van der Waals surface area contributed by atoms with Gasteiger partial charge in [-0.2, -0.15) is 0 Å². The van der Waals surface area contributed by atoms with E-state index >= 15 is 0 Å². The zero-order chi connectivity index (χ0) is 41.3. The van der Waals surface area contributed by atoms with Gasteiger partial charge < -0.3 is 24.6 Å². The number of ether oxygens (including phenoxy) is 2. The molecule has 6 atom stereocenters. The van der Waals surface area contributed by atoms with Crippen LogP contribution < -0.4 is 14.8 Å². The Kier molecular flexibility index (Phi) is 12.1. The lowest BCUT2D eigenvalue weighted by atomic mass is 9.88. The van der Waals surface area contributed by atoms with Crippen LogP contribution in [0.2, 0.25) is 0 Å². The maximum Gasteiger partial charge on any atom is 0.264 e. The maximum absolute atomic E-state index is 14.7. The number of aromatic nitrogens is 1. The second-order valence-corrected chi connectivity index (χ2v) is 17.9. The summed E-state index contributed by atoms with van der Waals surface area (Å²) in [6, 6.07) is 15.7. The molecule has 314 valence electrons. The molecule has 8 rings (SSSR count). The van der Waals surface area contributed by atoms with Gasteiger partial charge in [-0.3, -0.25) is 23.7 Å². The second-order valence-electron chi connectivity index (χ2n) is 17.1. The highest BCUT2D eigenvalue weighted by atomic mass is 32.2. The summed E-state index contributed by atoms with van der Waals surface area (Å²) in [5, 5.41) is 3.69. The Labute approximate surface area is 348 Å². The molecule has 2 saturated heterocycles. The minimum absolute atomic E-state index is 0.0126. The van der Waals surface area contributed by atoms with Crippen LogP contribution in [0.5, 0.6) is 11.5 Å². The number of pyridine rings is 1. The van der Waals surface area contributed by atoms with E-state index in [9.17, 15) is 27.9 Å². The van der Waals surface area contributed by atoms with E-state index < -0.39 is 52.6 Å². The van der Waals surface area contributed by atoms with Gasteiger partial charge in [-0.1, -0.05) is 62.1 Å². The van der Waals surface area contributed by atoms with Crippen molar-refractivity contribution in [2.24, 2.45) is 17.8 Å². The first-order chi connectivity index (χ1) is 28.6. The van der Waals surface area contributed by atoms with Crippen LogP contribution >= 0.6 is 0 Å². The number of hydrogen-bond donors (Lipinski definition) is 2. The van der Waals surface area contributed by atoms with Gasteiger partial charge in [-0.25, -0.2) is 13.5 Å². The molecule has 0 spiro atoms. The zero-order valence-electron chi connectivity index (χ0n) is 33.8. The van der Waals surface area contributed by atoms with Crippen molar-refractivity contribution in [3.05, 3.63) is 67.3 Å². The molecule has 5 aliphatic rings. The summed E-state index contributed by atoms with van der Waals surface area (Å²) in [7, 11) is 1.59. The lowest BCUT2D eigenvalue weighted by molar-refractivity contribution is -0.145. The lowest BCUT2D eigenvalue weighted by Gasteiger charge is -2.33. The minimum atomic E-state index is -2.57. The molecule has 0 radical (unpaired) electrons. The van der Waals surface area contributed by atoms with E-state index in [1.807, 2.05) is 59.5 Å². The Morgan fingerprint density at radius 3 is 2.44 bits per heavy atom. The Morgan fingerprint density at radius 2 is 1.78 bits per heavy atom.